The van der Waals surface area contributed by atoms with Gasteiger partial charge in [0, 0.05) is 27.1 Å². The predicted octanol–water partition coefficient (Wildman–Crippen LogP) is 1.95. The van der Waals surface area contributed by atoms with E-state index in [-0.39, 0.29) is 18.9 Å². The van der Waals surface area contributed by atoms with Gasteiger partial charge >= 0.3 is 5.97 Å². The molecule has 13 heteroatoms. The molecule has 7 atom stereocenters. The van der Waals surface area contributed by atoms with E-state index in [2.05, 4.69) is 10.3 Å². The fourth-order valence-electron chi connectivity index (χ4n) is 5.94. The summed E-state index contributed by atoms with van der Waals surface area (Å²) in [5, 5.41) is 56.2. The standard InChI is InChI=1S/C35H51N3O10/c1-23(15-11-8-9-12-16-26-20-36-22-48-26)29(41)33(4,5)31(43)37-18-14-10-13-17-27(40)24(2)19-28(47-7)35(46)25(3)30(42)38(6)34(35,21-39)32(44)45/h8-15,17,20,22,24-25,27-29,39-41,46H,16,18-19,21H2,1-7H3,(H,37,43)(H,44,45)/t24-,25+,27+,28+,29-,34-,35-/m1/s1. The number of methoxy groups -OCH3 is 1. The van der Waals surface area contributed by atoms with Crippen LogP contribution in [0.1, 0.15) is 46.8 Å². The number of carboxylic acids is 1. The lowest BCUT2D eigenvalue weighted by atomic mass is 9.70. The molecule has 1 aromatic heterocycles. The molecular weight excluding hydrogens is 622 g/mol. The van der Waals surface area contributed by atoms with Crippen molar-refractivity contribution in [2.75, 3.05) is 27.3 Å². The molecule has 0 bridgehead atoms. The maximum absolute atomic E-state index is 12.9. The lowest BCUT2D eigenvalue weighted by molar-refractivity contribution is -0.198. The third kappa shape index (κ3) is 8.58. The van der Waals surface area contributed by atoms with E-state index < -0.39 is 65.2 Å². The van der Waals surface area contributed by atoms with Crippen molar-refractivity contribution in [2.24, 2.45) is 17.3 Å². The van der Waals surface area contributed by atoms with E-state index in [1.165, 1.54) is 33.6 Å². The number of aromatic nitrogens is 1. The number of nitrogens with zero attached hydrogens (tertiary/aromatic N) is 2. The van der Waals surface area contributed by atoms with Crippen molar-refractivity contribution < 1.29 is 49.1 Å². The maximum Gasteiger partial charge on any atom is 0.335 e. The van der Waals surface area contributed by atoms with Crippen LogP contribution in [-0.4, -0.2) is 110 Å². The molecular formula is C35H51N3O10. The molecule has 1 aliphatic rings. The van der Waals surface area contributed by atoms with E-state index in [1.54, 1.807) is 64.3 Å². The second-order valence-corrected chi connectivity index (χ2v) is 12.7. The zero-order valence-electron chi connectivity index (χ0n) is 28.7. The first-order valence-corrected chi connectivity index (χ1v) is 15.8. The minimum absolute atomic E-state index is 0.0275. The number of aliphatic hydroxyl groups is 4. The van der Waals surface area contributed by atoms with E-state index in [1.807, 2.05) is 18.2 Å². The van der Waals surface area contributed by atoms with Gasteiger partial charge < -0.3 is 44.9 Å². The van der Waals surface area contributed by atoms with E-state index in [4.69, 9.17) is 9.15 Å². The van der Waals surface area contributed by atoms with Gasteiger partial charge in [0.2, 0.25) is 11.8 Å². The predicted molar refractivity (Wildman–Crippen MR) is 178 cm³/mol. The Morgan fingerprint density at radius 2 is 1.85 bits per heavy atom. The number of aliphatic carboxylic acids is 1. The summed E-state index contributed by atoms with van der Waals surface area (Å²) < 4.78 is 10.7. The Hall–Kier alpha value is -3.88. The highest BCUT2D eigenvalue weighted by molar-refractivity contribution is 5.95. The third-order valence-electron chi connectivity index (χ3n) is 9.28. The highest BCUT2D eigenvalue weighted by Gasteiger charge is 2.72. The number of likely N-dealkylation sites (N-methyl/N-ethyl adjacent to an activating group) is 1. The first-order valence-electron chi connectivity index (χ1n) is 15.8. The summed E-state index contributed by atoms with van der Waals surface area (Å²) in [5.74, 6) is -3.56. The Kier molecular flexibility index (Phi) is 14.7. The molecule has 1 aromatic rings. The van der Waals surface area contributed by atoms with Gasteiger partial charge in [-0.2, -0.15) is 0 Å². The van der Waals surface area contributed by atoms with Crippen LogP contribution in [-0.2, 0) is 25.5 Å². The average Bonchev–Trinajstić information content (AvgIpc) is 3.63. The molecule has 48 heavy (non-hydrogen) atoms. The molecule has 0 unspecified atom stereocenters. The molecule has 1 aliphatic heterocycles. The number of likely N-dealkylation sites (tertiary alicyclic amines) is 1. The van der Waals surface area contributed by atoms with Crippen molar-refractivity contribution in [2.45, 2.75) is 76.9 Å². The summed E-state index contributed by atoms with van der Waals surface area (Å²) in [6.45, 7) is 7.25. The van der Waals surface area contributed by atoms with Gasteiger partial charge in [0.15, 0.2) is 11.9 Å². The van der Waals surface area contributed by atoms with Crippen LogP contribution in [0.4, 0.5) is 0 Å². The number of carbonyl (C=O) groups excluding carboxylic acids is 2. The van der Waals surface area contributed by atoms with Crippen LogP contribution in [0.15, 0.2) is 77.3 Å². The molecule has 2 heterocycles. The highest BCUT2D eigenvalue weighted by Crippen LogP contribution is 2.47. The lowest BCUT2D eigenvalue weighted by Gasteiger charge is -2.46. The second kappa shape index (κ2) is 17.5. The zero-order valence-corrected chi connectivity index (χ0v) is 28.7. The van der Waals surface area contributed by atoms with Crippen molar-refractivity contribution in [3.8, 4) is 0 Å². The number of oxazole rings is 1. The molecule has 0 aromatic carbocycles. The van der Waals surface area contributed by atoms with Crippen LogP contribution in [0.3, 0.4) is 0 Å². The topological polar surface area (TPSA) is 203 Å². The second-order valence-electron chi connectivity index (χ2n) is 12.7. The molecule has 6 N–H and O–H groups in total. The van der Waals surface area contributed by atoms with Gasteiger partial charge in [-0.1, -0.05) is 68.5 Å². The normalized spacial score (nSPS) is 25.1. The van der Waals surface area contributed by atoms with Crippen LogP contribution >= 0.6 is 0 Å². The van der Waals surface area contributed by atoms with E-state index in [0.29, 0.717) is 12.0 Å². The summed E-state index contributed by atoms with van der Waals surface area (Å²) in [5.41, 5.74) is -5.11. The van der Waals surface area contributed by atoms with Gasteiger partial charge in [-0.05, 0) is 38.7 Å². The fraction of sp³-hybridized carbons (Fsp3) is 0.543. The van der Waals surface area contributed by atoms with Gasteiger partial charge in [0.25, 0.3) is 0 Å². The number of nitrogens with one attached hydrogen (secondary N) is 1. The number of hydrogen-bond acceptors (Lipinski definition) is 10. The van der Waals surface area contributed by atoms with E-state index in [0.717, 1.165) is 10.7 Å². The Labute approximate surface area is 282 Å². The highest BCUT2D eigenvalue weighted by atomic mass is 16.5. The fourth-order valence-corrected chi connectivity index (χ4v) is 5.94. The summed E-state index contributed by atoms with van der Waals surface area (Å²) in [4.78, 5) is 42.6. The van der Waals surface area contributed by atoms with Crippen molar-refractivity contribution in [3.05, 3.63) is 78.6 Å². The minimum Gasteiger partial charge on any atom is -0.479 e. The van der Waals surface area contributed by atoms with Crippen LogP contribution in [0.2, 0.25) is 0 Å². The number of aliphatic hydroxyl groups excluding tert-OH is 3. The van der Waals surface area contributed by atoms with Crippen LogP contribution in [0.5, 0.6) is 0 Å². The van der Waals surface area contributed by atoms with Crippen LogP contribution in [0, 0.1) is 17.3 Å². The number of carbonyl (C=O) groups is 3. The van der Waals surface area contributed by atoms with Gasteiger partial charge in [0.05, 0.1) is 42.4 Å². The molecule has 0 spiro atoms. The molecule has 1 fully saturated rings. The zero-order chi connectivity index (χ0) is 36.3. The minimum atomic E-state index is -2.33. The van der Waals surface area contributed by atoms with E-state index >= 15 is 0 Å². The lowest BCUT2D eigenvalue weighted by Crippen LogP contribution is -2.70. The molecule has 13 nitrogen and oxygen atoms in total. The average molecular weight is 674 g/mol. The quantitative estimate of drug-likeness (QED) is 0.124. The summed E-state index contributed by atoms with van der Waals surface area (Å²) >= 11 is 0. The van der Waals surface area contributed by atoms with Crippen molar-refractivity contribution >= 4 is 17.8 Å². The largest absolute Gasteiger partial charge is 0.479 e. The Balaban J connectivity index is 1.92. The molecule has 2 amide bonds. The number of hydrogen-bond donors (Lipinski definition) is 6. The summed E-state index contributed by atoms with van der Waals surface area (Å²) in [6, 6.07) is 0. The van der Waals surface area contributed by atoms with Crippen molar-refractivity contribution in [1.82, 2.24) is 15.2 Å². The number of ether oxygens (including phenoxy) is 1. The molecule has 0 saturated carbocycles. The number of amides is 2. The maximum atomic E-state index is 12.9. The van der Waals surface area contributed by atoms with E-state index in [9.17, 15) is 39.9 Å². The molecule has 0 radical (unpaired) electrons. The number of rotatable bonds is 18. The van der Waals surface area contributed by atoms with Gasteiger partial charge in [0.1, 0.15) is 11.4 Å². The van der Waals surface area contributed by atoms with Crippen molar-refractivity contribution in [1.29, 1.82) is 0 Å². The van der Waals surface area contributed by atoms with Crippen LogP contribution in [0.25, 0.3) is 0 Å². The smallest absolute Gasteiger partial charge is 0.335 e. The Morgan fingerprint density at radius 3 is 2.44 bits per heavy atom. The van der Waals surface area contributed by atoms with Crippen molar-refractivity contribution in [3.63, 3.8) is 0 Å². The third-order valence-corrected chi connectivity index (χ3v) is 9.28. The molecule has 266 valence electrons. The molecule has 2 rings (SSSR count). The van der Waals surface area contributed by atoms with Gasteiger partial charge in [-0.3, -0.25) is 9.59 Å². The van der Waals surface area contributed by atoms with Crippen LogP contribution < -0.4 is 5.32 Å². The Bertz CT molecular complexity index is 1380. The summed E-state index contributed by atoms with van der Waals surface area (Å²) in [6.07, 6.45) is 15.8. The SMILES string of the molecule is CO[C@@H](C[C@@H](C)[C@@H](O)C=CC=CCNC(=O)C(C)(C)[C@H](O)C(C)=CC=CC=CCc1cnco1)[C@]1(O)[C@@H](C)C(=O)N(C)[C@]1(CO)C(=O)O. The number of carboxylic acid groups (broad SMARTS) is 1. The monoisotopic (exact) mass is 673 g/mol. The van der Waals surface area contributed by atoms with Gasteiger partial charge in [-0.15, -0.1) is 0 Å². The first-order chi connectivity index (χ1) is 22.5. The number of allylic oxidation sites excluding steroid dienone is 7. The molecule has 0 aliphatic carbocycles. The molecule has 1 saturated heterocycles. The first kappa shape index (κ1) is 40.3. The Morgan fingerprint density at radius 1 is 1.19 bits per heavy atom. The summed E-state index contributed by atoms with van der Waals surface area (Å²) in [7, 11) is 2.49. The van der Waals surface area contributed by atoms with Gasteiger partial charge in [-0.25, -0.2) is 9.78 Å².